The zero-order chi connectivity index (χ0) is 9.97. The van der Waals surface area contributed by atoms with Crippen molar-refractivity contribution < 1.29 is 0 Å². The Morgan fingerprint density at radius 2 is 2.43 bits per heavy atom. The summed E-state index contributed by atoms with van der Waals surface area (Å²) in [5, 5.41) is 5.50. The van der Waals surface area contributed by atoms with E-state index in [1.165, 1.54) is 11.3 Å². The summed E-state index contributed by atoms with van der Waals surface area (Å²) in [6, 6.07) is 5.75. The van der Waals surface area contributed by atoms with Gasteiger partial charge in [-0.1, -0.05) is 13.0 Å². The van der Waals surface area contributed by atoms with Gasteiger partial charge in [0.1, 0.15) is 0 Å². The van der Waals surface area contributed by atoms with Gasteiger partial charge in [0, 0.05) is 30.1 Å². The van der Waals surface area contributed by atoms with Crippen LogP contribution in [0.25, 0.3) is 0 Å². The molecule has 1 aromatic rings. The molecule has 1 unspecified atom stereocenters. The van der Waals surface area contributed by atoms with Crippen molar-refractivity contribution in [3.8, 4) is 0 Å². The highest BCUT2D eigenvalue weighted by Crippen LogP contribution is 2.28. The second-order valence-electron chi connectivity index (χ2n) is 3.92. The van der Waals surface area contributed by atoms with Gasteiger partial charge in [0.25, 0.3) is 0 Å². The molecule has 2 nitrogen and oxygen atoms in total. The molecule has 0 spiro atoms. The van der Waals surface area contributed by atoms with Crippen molar-refractivity contribution in [3.05, 3.63) is 22.4 Å². The molecule has 0 saturated carbocycles. The Balaban J connectivity index is 2.04. The summed E-state index contributed by atoms with van der Waals surface area (Å²) in [6.45, 7) is 4.57. The van der Waals surface area contributed by atoms with Crippen LogP contribution in [0.2, 0.25) is 0 Å². The number of nitrogens with zero attached hydrogens (tertiary/aromatic N) is 1. The van der Waals surface area contributed by atoms with Gasteiger partial charge in [-0.3, -0.25) is 4.90 Å². The molecule has 1 N–H and O–H groups in total. The van der Waals surface area contributed by atoms with E-state index >= 15 is 0 Å². The van der Waals surface area contributed by atoms with Gasteiger partial charge < -0.3 is 5.32 Å². The van der Waals surface area contributed by atoms with Gasteiger partial charge in [0.05, 0.1) is 0 Å². The van der Waals surface area contributed by atoms with Crippen LogP contribution in [0.3, 0.4) is 0 Å². The Hall–Kier alpha value is -0.380. The fraction of sp³-hybridized carbons (Fsp3) is 0.636. The first-order chi connectivity index (χ1) is 6.83. The lowest BCUT2D eigenvalue weighted by Gasteiger charge is -2.40. The van der Waals surface area contributed by atoms with Crippen LogP contribution in [0.4, 0.5) is 0 Å². The second-order valence-corrected chi connectivity index (χ2v) is 4.90. The minimum absolute atomic E-state index is 0.613. The van der Waals surface area contributed by atoms with Crippen LogP contribution < -0.4 is 5.32 Å². The van der Waals surface area contributed by atoms with E-state index in [0.29, 0.717) is 6.04 Å². The summed E-state index contributed by atoms with van der Waals surface area (Å²) in [4.78, 5) is 4.02. The van der Waals surface area contributed by atoms with Gasteiger partial charge in [-0.2, -0.15) is 0 Å². The lowest BCUT2D eigenvalue weighted by atomic mass is 10.1. The molecular weight excluding hydrogens is 192 g/mol. The maximum absolute atomic E-state index is 3.33. The van der Waals surface area contributed by atoms with Crippen molar-refractivity contribution in [2.24, 2.45) is 0 Å². The van der Waals surface area contributed by atoms with Crippen LogP contribution in [0.1, 0.15) is 24.3 Å². The third-order valence-corrected chi connectivity index (χ3v) is 4.06. The van der Waals surface area contributed by atoms with Crippen molar-refractivity contribution in [2.45, 2.75) is 25.4 Å². The van der Waals surface area contributed by atoms with Crippen molar-refractivity contribution >= 4 is 11.3 Å². The molecular formula is C11H18N2S. The average Bonchev–Trinajstić information content (AvgIpc) is 2.55. The number of rotatable bonds is 4. The Labute approximate surface area is 89.9 Å². The Morgan fingerprint density at radius 1 is 1.64 bits per heavy atom. The van der Waals surface area contributed by atoms with E-state index in [4.69, 9.17) is 0 Å². The molecule has 0 bridgehead atoms. The minimum atomic E-state index is 0.613. The van der Waals surface area contributed by atoms with E-state index in [9.17, 15) is 0 Å². The molecule has 0 radical (unpaired) electrons. The fourth-order valence-corrected chi connectivity index (χ4v) is 2.95. The first-order valence-corrected chi connectivity index (χ1v) is 6.17. The molecule has 0 aliphatic carbocycles. The van der Waals surface area contributed by atoms with Gasteiger partial charge in [-0.25, -0.2) is 0 Å². The molecule has 3 heteroatoms. The molecule has 2 heterocycles. The lowest BCUT2D eigenvalue weighted by molar-refractivity contribution is 0.126. The van der Waals surface area contributed by atoms with Crippen LogP contribution in [-0.4, -0.2) is 31.1 Å². The Morgan fingerprint density at radius 3 is 2.86 bits per heavy atom. The number of hydrogen-bond donors (Lipinski definition) is 1. The maximum atomic E-state index is 3.33. The quantitative estimate of drug-likeness (QED) is 0.819. The maximum Gasteiger partial charge on any atom is 0.0439 e. The summed E-state index contributed by atoms with van der Waals surface area (Å²) in [5.74, 6) is 0. The zero-order valence-electron chi connectivity index (χ0n) is 8.86. The third-order valence-electron chi connectivity index (χ3n) is 3.09. The number of hydrogen-bond acceptors (Lipinski definition) is 3. The SMILES string of the molecule is CCC(c1cccs1)N(C)C1CNC1. The first kappa shape index (κ1) is 10.1. The smallest absolute Gasteiger partial charge is 0.0439 e. The normalized spacial score (nSPS) is 19.6. The number of nitrogens with one attached hydrogen (secondary N) is 1. The van der Waals surface area contributed by atoms with Crippen molar-refractivity contribution in [3.63, 3.8) is 0 Å². The molecule has 1 aliphatic rings. The monoisotopic (exact) mass is 210 g/mol. The highest BCUT2D eigenvalue weighted by atomic mass is 32.1. The van der Waals surface area contributed by atoms with Crippen LogP contribution in [-0.2, 0) is 0 Å². The lowest BCUT2D eigenvalue weighted by Crippen LogP contribution is -2.56. The molecule has 1 aromatic heterocycles. The molecule has 1 atom stereocenters. The molecule has 2 rings (SSSR count). The van der Waals surface area contributed by atoms with Gasteiger partial charge >= 0.3 is 0 Å². The van der Waals surface area contributed by atoms with Crippen LogP contribution in [0.5, 0.6) is 0 Å². The van der Waals surface area contributed by atoms with Crippen molar-refractivity contribution in [1.82, 2.24) is 10.2 Å². The van der Waals surface area contributed by atoms with E-state index in [0.717, 1.165) is 19.1 Å². The highest BCUT2D eigenvalue weighted by molar-refractivity contribution is 7.10. The third kappa shape index (κ3) is 1.85. The molecule has 0 aromatic carbocycles. The standard InChI is InChI=1S/C11H18N2S/c1-3-10(11-5-4-6-14-11)13(2)9-7-12-8-9/h4-6,9-10,12H,3,7-8H2,1-2H3. The van der Waals surface area contributed by atoms with Gasteiger partial charge in [-0.05, 0) is 24.9 Å². The van der Waals surface area contributed by atoms with E-state index in [1.54, 1.807) is 0 Å². The largest absolute Gasteiger partial charge is 0.314 e. The Kier molecular flexibility index (Phi) is 3.21. The first-order valence-electron chi connectivity index (χ1n) is 5.29. The Bertz CT molecular complexity index is 267. The van der Waals surface area contributed by atoms with Crippen LogP contribution >= 0.6 is 11.3 Å². The van der Waals surface area contributed by atoms with E-state index < -0.39 is 0 Å². The van der Waals surface area contributed by atoms with Crippen LogP contribution in [0.15, 0.2) is 17.5 Å². The summed E-state index contributed by atoms with van der Waals surface area (Å²) < 4.78 is 0. The van der Waals surface area contributed by atoms with E-state index in [-0.39, 0.29) is 0 Å². The van der Waals surface area contributed by atoms with Gasteiger partial charge in [0.2, 0.25) is 0 Å². The average molecular weight is 210 g/mol. The predicted octanol–water partition coefficient (Wildman–Crippen LogP) is 2.10. The molecule has 1 aliphatic heterocycles. The summed E-state index contributed by atoms with van der Waals surface area (Å²) >= 11 is 1.87. The molecule has 78 valence electrons. The topological polar surface area (TPSA) is 15.3 Å². The molecule has 1 fully saturated rings. The summed E-state index contributed by atoms with van der Waals surface area (Å²) in [7, 11) is 2.25. The molecule has 14 heavy (non-hydrogen) atoms. The fourth-order valence-electron chi connectivity index (χ4n) is 1.99. The second kappa shape index (κ2) is 4.43. The van der Waals surface area contributed by atoms with E-state index in [2.05, 4.69) is 41.7 Å². The summed E-state index contributed by atoms with van der Waals surface area (Å²) in [5.41, 5.74) is 0. The predicted molar refractivity (Wildman–Crippen MR) is 61.8 cm³/mol. The van der Waals surface area contributed by atoms with E-state index in [1.807, 2.05) is 11.3 Å². The number of thiophene rings is 1. The molecule has 0 amide bonds. The van der Waals surface area contributed by atoms with Crippen molar-refractivity contribution in [1.29, 1.82) is 0 Å². The van der Waals surface area contributed by atoms with Crippen LogP contribution in [0, 0.1) is 0 Å². The molecule has 1 saturated heterocycles. The van der Waals surface area contributed by atoms with Gasteiger partial charge in [-0.15, -0.1) is 11.3 Å². The summed E-state index contributed by atoms with van der Waals surface area (Å²) in [6.07, 6.45) is 1.20. The highest BCUT2D eigenvalue weighted by Gasteiger charge is 2.27. The number of likely N-dealkylation sites (N-methyl/N-ethyl adjacent to an activating group) is 1. The zero-order valence-corrected chi connectivity index (χ0v) is 9.68. The van der Waals surface area contributed by atoms with Gasteiger partial charge in [0.15, 0.2) is 0 Å². The van der Waals surface area contributed by atoms with Crippen molar-refractivity contribution in [2.75, 3.05) is 20.1 Å². The minimum Gasteiger partial charge on any atom is -0.314 e.